The monoisotopic (exact) mass is 493 g/mol. The summed E-state index contributed by atoms with van der Waals surface area (Å²) in [5, 5.41) is 12.1. The Hall–Kier alpha value is -4.19. The molecule has 4 aromatic rings. The van der Waals surface area contributed by atoms with Crippen molar-refractivity contribution in [2.75, 3.05) is 18.6 Å². The number of carbonyl (C=O) groups is 1. The van der Waals surface area contributed by atoms with Gasteiger partial charge < -0.3 is 10.5 Å². The zero-order valence-corrected chi connectivity index (χ0v) is 19.9. The smallest absolute Gasteiger partial charge is 0.332 e. The van der Waals surface area contributed by atoms with Gasteiger partial charge in [-0.25, -0.2) is 9.48 Å². The molecular formula is C23H23N7O4S. The van der Waals surface area contributed by atoms with Crippen molar-refractivity contribution in [1.29, 1.82) is 0 Å². The summed E-state index contributed by atoms with van der Waals surface area (Å²) in [5.74, 6) is -0.0795. The second-order valence-corrected chi connectivity index (χ2v) is 8.60. The number of Topliss-reactive ketones (excluding diaryl/α,β-unsaturated/α-hetero) is 1. The highest BCUT2D eigenvalue weighted by molar-refractivity contribution is 7.99. The number of carbonyl (C=O) groups excluding carboxylic acids is 1. The van der Waals surface area contributed by atoms with E-state index in [2.05, 4.69) is 15.5 Å². The van der Waals surface area contributed by atoms with Crippen molar-refractivity contribution in [2.24, 2.45) is 7.05 Å². The van der Waals surface area contributed by atoms with E-state index in [9.17, 15) is 14.4 Å². The molecule has 0 aliphatic rings. The van der Waals surface area contributed by atoms with E-state index in [1.807, 2.05) is 54.6 Å². The standard InChI is InChI=1S/C23H23N7O4S/c1-28-21(32)19(20(24)29(23(28)33)12-15-6-4-3-5-7-15)18(31)14-35-22-25-26-27-30(22)13-16-8-10-17(34-2)11-9-16/h3-11H,12-14,24H2,1-2H3. The highest BCUT2D eigenvalue weighted by Gasteiger charge is 2.22. The number of tetrazole rings is 1. The molecule has 11 nitrogen and oxygen atoms in total. The van der Waals surface area contributed by atoms with Crippen molar-refractivity contribution in [2.45, 2.75) is 18.2 Å². The lowest BCUT2D eigenvalue weighted by Crippen LogP contribution is -2.43. The molecule has 0 unspecified atom stereocenters. The van der Waals surface area contributed by atoms with Crippen LogP contribution in [0.2, 0.25) is 0 Å². The highest BCUT2D eigenvalue weighted by atomic mass is 32.2. The van der Waals surface area contributed by atoms with Gasteiger partial charge in [-0.1, -0.05) is 54.2 Å². The van der Waals surface area contributed by atoms with Gasteiger partial charge in [0, 0.05) is 7.05 Å². The summed E-state index contributed by atoms with van der Waals surface area (Å²) in [6.45, 7) is 0.520. The van der Waals surface area contributed by atoms with E-state index in [1.54, 1.807) is 11.8 Å². The van der Waals surface area contributed by atoms with Crippen molar-refractivity contribution in [3.05, 3.63) is 92.1 Å². The van der Waals surface area contributed by atoms with E-state index in [0.29, 0.717) is 11.7 Å². The van der Waals surface area contributed by atoms with E-state index < -0.39 is 17.0 Å². The number of nitrogens with zero attached hydrogens (tertiary/aromatic N) is 6. The quantitative estimate of drug-likeness (QED) is 0.269. The molecule has 0 spiro atoms. The van der Waals surface area contributed by atoms with Crippen molar-refractivity contribution in [1.82, 2.24) is 29.3 Å². The van der Waals surface area contributed by atoms with E-state index in [1.165, 1.54) is 11.6 Å². The zero-order valence-electron chi connectivity index (χ0n) is 19.1. The predicted octanol–water partition coefficient (Wildman–Crippen LogP) is 1.20. The molecule has 0 atom stereocenters. The van der Waals surface area contributed by atoms with Crippen LogP contribution >= 0.6 is 11.8 Å². The minimum absolute atomic E-state index is 0.132. The van der Waals surface area contributed by atoms with Crippen LogP contribution in [0.15, 0.2) is 69.3 Å². The lowest BCUT2D eigenvalue weighted by atomic mass is 10.2. The number of hydrogen-bond donors (Lipinski definition) is 1. The van der Waals surface area contributed by atoms with Gasteiger partial charge in [-0.2, -0.15) is 0 Å². The van der Waals surface area contributed by atoms with Gasteiger partial charge in [0.2, 0.25) is 5.16 Å². The van der Waals surface area contributed by atoms with E-state index >= 15 is 0 Å². The summed E-state index contributed by atoms with van der Waals surface area (Å²) in [7, 11) is 2.92. The minimum Gasteiger partial charge on any atom is -0.497 e. The molecule has 0 aliphatic heterocycles. The number of ether oxygens (including phenoxy) is 1. The van der Waals surface area contributed by atoms with Gasteiger partial charge in [0.15, 0.2) is 5.78 Å². The maximum absolute atomic E-state index is 13.1. The molecule has 2 N–H and O–H groups in total. The van der Waals surface area contributed by atoms with Crippen molar-refractivity contribution in [3.63, 3.8) is 0 Å². The largest absolute Gasteiger partial charge is 0.497 e. The number of hydrogen-bond acceptors (Lipinski definition) is 9. The topological polar surface area (TPSA) is 140 Å². The van der Waals surface area contributed by atoms with Gasteiger partial charge in [-0.05, 0) is 33.7 Å². The van der Waals surface area contributed by atoms with Gasteiger partial charge in [-0.3, -0.25) is 18.7 Å². The van der Waals surface area contributed by atoms with E-state index in [0.717, 1.165) is 33.2 Å². The van der Waals surface area contributed by atoms with Gasteiger partial charge in [0.05, 0.1) is 26.0 Å². The fourth-order valence-corrected chi connectivity index (χ4v) is 4.22. The lowest BCUT2D eigenvalue weighted by molar-refractivity contribution is 0.102. The molecule has 180 valence electrons. The summed E-state index contributed by atoms with van der Waals surface area (Å²) in [6, 6.07) is 16.6. The van der Waals surface area contributed by atoms with Crippen LogP contribution in [0.25, 0.3) is 0 Å². The summed E-state index contributed by atoms with van der Waals surface area (Å²) < 4.78 is 8.84. The average molecular weight is 494 g/mol. The van der Waals surface area contributed by atoms with Crippen LogP contribution in [-0.4, -0.2) is 48.0 Å². The summed E-state index contributed by atoms with van der Waals surface area (Å²) in [6.07, 6.45) is 0. The molecule has 0 amide bonds. The van der Waals surface area contributed by atoms with Crippen LogP contribution in [0.3, 0.4) is 0 Å². The number of nitrogen functional groups attached to an aromatic ring is 1. The predicted molar refractivity (Wildman–Crippen MR) is 131 cm³/mol. The van der Waals surface area contributed by atoms with E-state index in [4.69, 9.17) is 10.5 Å². The number of ketones is 1. The molecule has 2 aromatic heterocycles. The van der Waals surface area contributed by atoms with Crippen molar-refractivity contribution in [3.8, 4) is 5.75 Å². The van der Waals surface area contributed by atoms with Crippen LogP contribution in [-0.2, 0) is 20.1 Å². The van der Waals surface area contributed by atoms with Crippen LogP contribution in [0.5, 0.6) is 5.75 Å². The molecule has 0 aliphatic carbocycles. The Bertz CT molecular complexity index is 1460. The Balaban J connectivity index is 1.54. The molecule has 0 saturated carbocycles. The fraction of sp³-hybridized carbons (Fsp3) is 0.217. The van der Waals surface area contributed by atoms with Gasteiger partial charge in [0.1, 0.15) is 17.1 Å². The SMILES string of the molecule is COc1ccc(Cn2nnnc2SCC(=O)c2c(N)n(Cc3ccccc3)c(=O)n(C)c2=O)cc1. The fourth-order valence-electron chi connectivity index (χ4n) is 3.47. The Morgan fingerprint density at radius 2 is 1.71 bits per heavy atom. The molecule has 12 heteroatoms. The number of aromatic nitrogens is 6. The number of rotatable bonds is 9. The first-order chi connectivity index (χ1) is 16.9. The molecule has 35 heavy (non-hydrogen) atoms. The summed E-state index contributed by atoms with van der Waals surface area (Å²) >= 11 is 1.08. The Morgan fingerprint density at radius 3 is 2.40 bits per heavy atom. The molecule has 0 bridgehead atoms. The number of benzene rings is 2. The van der Waals surface area contributed by atoms with Gasteiger partial charge in [0.25, 0.3) is 5.56 Å². The lowest BCUT2D eigenvalue weighted by Gasteiger charge is -2.14. The van der Waals surface area contributed by atoms with Crippen molar-refractivity contribution >= 4 is 23.4 Å². The maximum Gasteiger partial charge on any atom is 0.332 e. The number of methoxy groups -OCH3 is 1. The Kier molecular flexibility index (Phi) is 7.11. The molecule has 0 saturated heterocycles. The summed E-state index contributed by atoms with van der Waals surface area (Å²) in [5.41, 5.74) is 6.36. The third-order valence-electron chi connectivity index (χ3n) is 5.37. The highest BCUT2D eigenvalue weighted by Crippen LogP contribution is 2.19. The third kappa shape index (κ3) is 5.17. The second-order valence-electron chi connectivity index (χ2n) is 7.66. The molecule has 4 rings (SSSR count). The van der Waals surface area contributed by atoms with Gasteiger partial charge in [-0.15, -0.1) is 5.10 Å². The molecule has 2 aromatic carbocycles. The Morgan fingerprint density at radius 1 is 1.03 bits per heavy atom. The van der Waals surface area contributed by atoms with Crippen molar-refractivity contribution < 1.29 is 9.53 Å². The molecule has 0 fully saturated rings. The van der Waals surface area contributed by atoms with Crippen LogP contribution in [0, 0.1) is 0 Å². The molecular weight excluding hydrogens is 470 g/mol. The normalized spacial score (nSPS) is 10.9. The Labute approximate surface area is 204 Å². The first-order valence-electron chi connectivity index (χ1n) is 10.6. The van der Waals surface area contributed by atoms with E-state index in [-0.39, 0.29) is 23.7 Å². The zero-order chi connectivity index (χ0) is 24.9. The number of thioether (sulfide) groups is 1. The van der Waals surface area contributed by atoms with Gasteiger partial charge >= 0.3 is 5.69 Å². The number of nitrogens with two attached hydrogens (primary N) is 1. The third-order valence-corrected chi connectivity index (χ3v) is 6.33. The van der Waals surface area contributed by atoms with Crippen LogP contribution in [0.1, 0.15) is 21.5 Å². The average Bonchev–Trinajstić information content (AvgIpc) is 3.32. The molecule has 0 radical (unpaired) electrons. The number of anilines is 1. The first kappa shape index (κ1) is 24.0. The van der Waals surface area contributed by atoms with Crippen LogP contribution in [0.4, 0.5) is 5.82 Å². The minimum atomic E-state index is -0.736. The second kappa shape index (κ2) is 10.4. The summed E-state index contributed by atoms with van der Waals surface area (Å²) in [4.78, 5) is 38.5. The molecule has 2 heterocycles. The first-order valence-corrected chi connectivity index (χ1v) is 11.6. The maximum atomic E-state index is 13.1. The van der Waals surface area contributed by atoms with Crippen LogP contribution < -0.4 is 21.7 Å².